The van der Waals surface area contributed by atoms with Gasteiger partial charge in [0.05, 0.1) is 25.3 Å². The molecule has 1 heterocycles. The van der Waals surface area contributed by atoms with Crippen molar-refractivity contribution in [3.05, 3.63) is 64.1 Å². The number of aryl methyl sites for hydroxylation is 1. The van der Waals surface area contributed by atoms with E-state index in [0.29, 0.717) is 40.1 Å². The van der Waals surface area contributed by atoms with Gasteiger partial charge in [-0.25, -0.2) is 10.1 Å². The maximum Gasteiger partial charge on any atom is 0.292 e. The van der Waals surface area contributed by atoms with Crippen LogP contribution in [0.15, 0.2) is 52.4 Å². The number of methoxy groups -OCH3 is 2. The first-order valence-electron chi connectivity index (χ1n) is 9.07. The lowest BCUT2D eigenvalue weighted by molar-refractivity contribution is 0.0949. The topological polar surface area (TPSA) is 94.8 Å². The van der Waals surface area contributed by atoms with Gasteiger partial charge in [-0.15, -0.1) is 0 Å². The molecule has 8 nitrogen and oxygen atoms in total. The van der Waals surface area contributed by atoms with Gasteiger partial charge in [-0.1, -0.05) is 18.2 Å². The summed E-state index contributed by atoms with van der Waals surface area (Å²) < 4.78 is 11.8. The maximum atomic E-state index is 12.8. The number of carbonyl (C=O) groups excluding carboxylic acids is 1. The number of amides is 1. The van der Waals surface area contributed by atoms with E-state index in [4.69, 9.17) is 9.47 Å². The van der Waals surface area contributed by atoms with Crippen LogP contribution in [0.2, 0.25) is 0 Å². The molecule has 1 N–H and O–H groups in total. The summed E-state index contributed by atoms with van der Waals surface area (Å²) in [6.07, 6.45) is 0. The standard InChI is InChI=1S/C21H22N4O4/c1-5-25-21(27)17-9-7-6-8-16(17)19(24-25)20(26)23-22-13(2)15-11-10-14(28-3)12-18(15)29-4/h6-12H,5H2,1-4H3,(H,23,26)/b22-13+. The molecule has 0 atom stereocenters. The Labute approximate surface area is 167 Å². The Balaban J connectivity index is 1.95. The summed E-state index contributed by atoms with van der Waals surface area (Å²) in [5, 5.41) is 9.31. The maximum absolute atomic E-state index is 12.8. The molecule has 3 aromatic rings. The van der Waals surface area contributed by atoms with E-state index in [1.54, 1.807) is 70.5 Å². The van der Waals surface area contributed by atoms with Crippen LogP contribution in [0.4, 0.5) is 0 Å². The number of carbonyl (C=O) groups is 1. The van der Waals surface area contributed by atoms with Crippen molar-refractivity contribution in [2.75, 3.05) is 14.2 Å². The van der Waals surface area contributed by atoms with Crippen LogP contribution in [0.5, 0.6) is 11.5 Å². The predicted molar refractivity (Wildman–Crippen MR) is 111 cm³/mol. The van der Waals surface area contributed by atoms with Gasteiger partial charge in [-0.05, 0) is 32.0 Å². The quantitative estimate of drug-likeness (QED) is 0.512. The minimum Gasteiger partial charge on any atom is -0.497 e. The lowest BCUT2D eigenvalue weighted by Crippen LogP contribution is -2.28. The fourth-order valence-corrected chi connectivity index (χ4v) is 2.96. The monoisotopic (exact) mass is 394 g/mol. The molecule has 0 saturated heterocycles. The number of hydrogen-bond donors (Lipinski definition) is 1. The molecule has 29 heavy (non-hydrogen) atoms. The zero-order chi connectivity index (χ0) is 21.0. The van der Waals surface area contributed by atoms with Crippen LogP contribution in [0.25, 0.3) is 10.8 Å². The summed E-state index contributed by atoms with van der Waals surface area (Å²) in [4.78, 5) is 25.2. The molecule has 0 saturated carbocycles. The molecule has 3 rings (SSSR count). The fourth-order valence-electron chi connectivity index (χ4n) is 2.96. The van der Waals surface area contributed by atoms with Crippen LogP contribution in [0.3, 0.4) is 0 Å². The number of rotatable bonds is 6. The molecule has 0 aliphatic rings. The fraction of sp³-hybridized carbons (Fsp3) is 0.238. The molecule has 1 amide bonds. The van der Waals surface area contributed by atoms with Crippen molar-refractivity contribution in [3.63, 3.8) is 0 Å². The average molecular weight is 394 g/mol. The highest BCUT2D eigenvalue weighted by molar-refractivity contribution is 6.06. The summed E-state index contributed by atoms with van der Waals surface area (Å²) in [7, 11) is 3.12. The first-order chi connectivity index (χ1) is 14.0. The van der Waals surface area contributed by atoms with E-state index in [1.807, 2.05) is 0 Å². The highest BCUT2D eigenvalue weighted by atomic mass is 16.5. The number of nitrogens with one attached hydrogen (secondary N) is 1. The van der Waals surface area contributed by atoms with Crippen molar-refractivity contribution in [3.8, 4) is 11.5 Å². The van der Waals surface area contributed by atoms with Crippen LogP contribution in [-0.2, 0) is 6.54 Å². The molecule has 0 aliphatic carbocycles. The van der Waals surface area contributed by atoms with Crippen molar-refractivity contribution < 1.29 is 14.3 Å². The molecule has 0 bridgehead atoms. The summed E-state index contributed by atoms with van der Waals surface area (Å²) in [5.74, 6) is 0.720. The van der Waals surface area contributed by atoms with Gasteiger partial charge >= 0.3 is 0 Å². The average Bonchev–Trinajstić information content (AvgIpc) is 2.77. The molecule has 1 aromatic heterocycles. The Morgan fingerprint density at radius 3 is 2.52 bits per heavy atom. The first-order valence-corrected chi connectivity index (χ1v) is 9.07. The van der Waals surface area contributed by atoms with E-state index in [-0.39, 0.29) is 11.3 Å². The zero-order valence-electron chi connectivity index (χ0n) is 16.7. The van der Waals surface area contributed by atoms with E-state index in [2.05, 4.69) is 15.6 Å². The van der Waals surface area contributed by atoms with Gasteiger partial charge in [0.25, 0.3) is 11.5 Å². The second kappa shape index (κ2) is 8.55. The third kappa shape index (κ3) is 3.96. The SMILES string of the molecule is CCn1nc(C(=O)N/N=C(\C)c2ccc(OC)cc2OC)c2ccccc2c1=O. The summed E-state index contributed by atoms with van der Waals surface area (Å²) in [6, 6.07) is 12.2. The summed E-state index contributed by atoms with van der Waals surface area (Å²) in [6.45, 7) is 3.90. The molecule has 0 aliphatic heterocycles. The smallest absolute Gasteiger partial charge is 0.292 e. The van der Waals surface area contributed by atoms with Crippen molar-refractivity contribution in [1.82, 2.24) is 15.2 Å². The molecule has 0 unspecified atom stereocenters. The van der Waals surface area contributed by atoms with E-state index in [1.165, 1.54) is 4.68 Å². The highest BCUT2D eigenvalue weighted by Gasteiger charge is 2.16. The largest absolute Gasteiger partial charge is 0.497 e. The molecule has 150 valence electrons. The lowest BCUT2D eigenvalue weighted by Gasteiger charge is -2.11. The van der Waals surface area contributed by atoms with Gasteiger partial charge in [-0.3, -0.25) is 9.59 Å². The van der Waals surface area contributed by atoms with Crippen molar-refractivity contribution in [2.24, 2.45) is 5.10 Å². The Bertz CT molecular complexity index is 1150. The van der Waals surface area contributed by atoms with E-state index >= 15 is 0 Å². The number of nitrogens with zero attached hydrogens (tertiary/aromatic N) is 3. The number of hydrazone groups is 1. The van der Waals surface area contributed by atoms with E-state index in [9.17, 15) is 9.59 Å². The summed E-state index contributed by atoms with van der Waals surface area (Å²) in [5.41, 5.74) is 3.69. The van der Waals surface area contributed by atoms with Gasteiger partial charge < -0.3 is 9.47 Å². The van der Waals surface area contributed by atoms with Gasteiger partial charge in [0, 0.05) is 23.6 Å². The van der Waals surface area contributed by atoms with Crippen LogP contribution in [-0.4, -0.2) is 35.6 Å². The Morgan fingerprint density at radius 1 is 1.14 bits per heavy atom. The second-order valence-electron chi connectivity index (χ2n) is 6.22. The third-order valence-electron chi connectivity index (χ3n) is 4.51. The molecule has 0 spiro atoms. The van der Waals surface area contributed by atoms with Gasteiger partial charge in [0.2, 0.25) is 0 Å². The molecule has 2 aromatic carbocycles. The molecular weight excluding hydrogens is 372 g/mol. The second-order valence-corrected chi connectivity index (χ2v) is 6.22. The van der Waals surface area contributed by atoms with Crippen molar-refractivity contribution in [2.45, 2.75) is 20.4 Å². The Morgan fingerprint density at radius 2 is 1.86 bits per heavy atom. The van der Waals surface area contributed by atoms with Crippen LogP contribution < -0.4 is 20.5 Å². The number of ether oxygens (including phenoxy) is 2. The van der Waals surface area contributed by atoms with Crippen LogP contribution in [0, 0.1) is 0 Å². The number of benzene rings is 2. The van der Waals surface area contributed by atoms with E-state index in [0.717, 1.165) is 0 Å². The number of fused-ring (bicyclic) bond motifs is 1. The van der Waals surface area contributed by atoms with E-state index < -0.39 is 5.91 Å². The molecule has 0 fully saturated rings. The van der Waals surface area contributed by atoms with Gasteiger partial charge in [-0.2, -0.15) is 10.2 Å². The Kier molecular flexibility index (Phi) is 5.92. The van der Waals surface area contributed by atoms with Gasteiger partial charge in [0.1, 0.15) is 11.5 Å². The Hall–Kier alpha value is -3.68. The molecular formula is C21H22N4O4. The lowest BCUT2D eigenvalue weighted by atomic mass is 10.1. The first kappa shape index (κ1) is 20.1. The minimum atomic E-state index is -0.504. The van der Waals surface area contributed by atoms with Crippen molar-refractivity contribution in [1.29, 1.82) is 0 Å². The van der Waals surface area contributed by atoms with Crippen LogP contribution >= 0.6 is 0 Å². The van der Waals surface area contributed by atoms with Crippen LogP contribution in [0.1, 0.15) is 29.9 Å². The molecule has 0 radical (unpaired) electrons. The highest BCUT2D eigenvalue weighted by Crippen LogP contribution is 2.25. The normalized spacial score (nSPS) is 11.4. The zero-order valence-corrected chi connectivity index (χ0v) is 16.7. The molecule has 8 heteroatoms. The summed E-state index contributed by atoms with van der Waals surface area (Å²) >= 11 is 0. The number of aromatic nitrogens is 2. The van der Waals surface area contributed by atoms with Crippen molar-refractivity contribution >= 4 is 22.4 Å². The third-order valence-corrected chi connectivity index (χ3v) is 4.51. The minimum absolute atomic E-state index is 0.139. The predicted octanol–water partition coefficient (Wildman–Crippen LogP) is 2.59. The van der Waals surface area contributed by atoms with Gasteiger partial charge in [0.15, 0.2) is 5.69 Å². The number of hydrogen-bond acceptors (Lipinski definition) is 6.